The summed E-state index contributed by atoms with van der Waals surface area (Å²) in [5, 5.41) is 346. The Morgan fingerprint density at radius 3 is 1.10 bits per heavy atom. The number of hydrogen-bond donors (Lipinski definition) is 35. The lowest BCUT2D eigenvalue weighted by Gasteiger charge is -2.53. The molecule has 8 aliphatic rings. The minimum absolute atomic E-state index is 0.692. The molecule has 0 radical (unpaired) electrons. The molecule has 0 aromatic heterocycles. The smallest absolute Gasteiger partial charge is 0.364 e. The minimum atomic E-state index is -3.99. The highest BCUT2D eigenvalue weighted by Gasteiger charge is 2.67. The topological polar surface area (TPSA) is 959 Å². The van der Waals surface area contributed by atoms with Gasteiger partial charge in [0.2, 0.25) is 29.5 Å². The molecule has 59 heteroatoms. The van der Waals surface area contributed by atoms with Crippen LogP contribution in [0.4, 0.5) is 0 Å². The quantitative estimate of drug-likeness (QED) is 0.0271. The van der Waals surface area contributed by atoms with E-state index in [1.807, 2.05) is 5.32 Å². The van der Waals surface area contributed by atoms with Gasteiger partial charge in [0.25, 0.3) is 23.1 Å². The second-order valence-corrected chi connectivity index (χ2v) is 31.8. The summed E-state index contributed by atoms with van der Waals surface area (Å²) in [5.74, 6) is -29.9. The van der Waals surface area contributed by atoms with Crippen LogP contribution < -0.4 is 26.6 Å². The summed E-state index contributed by atoms with van der Waals surface area (Å²) in [5.41, 5.74) is 0. The maximum Gasteiger partial charge on any atom is 0.364 e. The number of ether oxygens (including phenoxy) is 15. The van der Waals surface area contributed by atoms with E-state index in [2.05, 4.69) is 21.3 Å². The van der Waals surface area contributed by atoms with Gasteiger partial charge >= 0.3 is 23.9 Å². The van der Waals surface area contributed by atoms with Crippen molar-refractivity contribution < 1.29 is 267 Å². The monoisotopic (exact) mass is 1890 g/mol. The van der Waals surface area contributed by atoms with Gasteiger partial charge < -0.3 is 251 Å². The summed E-state index contributed by atoms with van der Waals surface area (Å²) in [6.07, 6.45) is -95.1. The Labute approximate surface area is 726 Å². The van der Waals surface area contributed by atoms with E-state index in [9.17, 15) is 196 Å². The zero-order valence-corrected chi connectivity index (χ0v) is 68.5. The van der Waals surface area contributed by atoms with E-state index < -0.39 is 406 Å². The van der Waals surface area contributed by atoms with Crippen molar-refractivity contribution in [3.63, 3.8) is 0 Å². The summed E-state index contributed by atoms with van der Waals surface area (Å²) < 4.78 is 88.3. The van der Waals surface area contributed by atoms with Crippen LogP contribution >= 0.6 is 0 Å². The van der Waals surface area contributed by atoms with Crippen molar-refractivity contribution in [2.75, 3.05) is 59.5 Å². The first-order valence-electron chi connectivity index (χ1n) is 39.8. The van der Waals surface area contributed by atoms with Gasteiger partial charge in [0, 0.05) is 53.4 Å². The SMILES string of the molecule is CC(=O)N[C@H]1[C@H](O[C@@H]2[C@H](O[C@]3(C(=O)O)C[C@H](O)[C@@H](NC(=O)CO)[C@H]([C@H](O)[C@@H](CO)O[C@]4(C(=O)O)C[C@H](O)[C@@H](NC(C)=O)[C@H]([C@H](O)[C@H](O)CO)O4)O3)[C@@H](O)[C@H](O[C@H]3[C@H](O)[C@@H](O)[C@H](O)O[C@@H]3CO)O[C@@H]2CO)O[C@H](CO[C@]2(C(=O)O)C[C@H](O)[C@@H](NC(C)=O)[C@H]([C@H](O)[C@H](O)CO)O2)[C@H](O)[C@@H]1O[C@@H]1O[C@H](CO)[C@H](O)[C@H](O[C@]2(C(=O)O)C[C@H](O)[C@@H](NC(C)=O)[C@H]([C@H](O)[C@H](O)CO)O2)[C@H]1O. The molecule has 35 N–H and O–H groups in total. The van der Waals surface area contributed by atoms with Gasteiger partial charge in [0.05, 0.1) is 101 Å². The number of carboxylic acid groups (broad SMARTS) is 4. The average molecular weight is 1890 g/mol. The van der Waals surface area contributed by atoms with E-state index in [-0.39, 0.29) is 0 Å². The van der Waals surface area contributed by atoms with Gasteiger partial charge in [-0.1, -0.05) is 0 Å². The molecule has 0 aliphatic carbocycles. The molecule has 8 fully saturated rings. The van der Waals surface area contributed by atoms with Crippen LogP contribution in [0.1, 0.15) is 53.4 Å². The number of nitrogens with one attached hydrogen (secondary N) is 5. The molecular formula is C70H113N5O54. The van der Waals surface area contributed by atoms with E-state index in [1.165, 1.54) is 0 Å². The highest BCUT2D eigenvalue weighted by molar-refractivity contribution is 5.80. The van der Waals surface area contributed by atoms with Gasteiger partial charge in [0.1, 0.15) is 177 Å². The number of rotatable bonds is 40. The van der Waals surface area contributed by atoms with Gasteiger partial charge in [0.15, 0.2) is 25.2 Å². The maximum atomic E-state index is 14.5. The summed E-state index contributed by atoms with van der Waals surface area (Å²) >= 11 is 0. The van der Waals surface area contributed by atoms with E-state index in [0.29, 0.717) is 6.92 Å². The third-order valence-electron chi connectivity index (χ3n) is 22.7. The van der Waals surface area contributed by atoms with Crippen LogP contribution in [0.5, 0.6) is 0 Å². The standard InChI is InChI=1S/C70H113N5O54/c1-18(84)71-35-22(88)5-67(63(107)108,124-53(35)40(96)26(92)9-76)115-17-33-45(101)52(122-61-48(104)57(43(99)29(12-79)117-61)128-69(65(111)112)7-24(90)37(73-20(3)86)55(126-69)42(98)28(94)11-78)39(74-21(4)87)60(119-33)121-51-32(15-82)118-62(120-50-31(14-81)116-59(106)47(103)46(50)102)49(105)58(51)129-70(66(113)114)8-25(91)38(75-34(95)16-83)56(127-70)44(100)30(13-80)123-68(64(109)110)6-23(89)36(72-19(2)85)54(125-68)41(97)27(93)10-77/h22-33,35-62,76-83,88-94,96-106H,5-17H2,1-4H3,(H,71,84)(H,72,85)(H,73,86)(H,74,87)(H,75,95)(H,107,108)(H,109,110)(H,111,112)(H,113,114)/t22-,23-,24-,25-,26+,27+,28+,29+,30+,31+,32+,33+,35+,36+,37+,38+,39+,40+,41+,42+,43-,44+,45-,46+,47+,48+,49+,50+,51-,52+,53+,54+,55+,56+,57-,58+,59+,60-,61-,62-,67+,68+,69-,70-/m0/s1. The highest BCUT2D eigenvalue weighted by Crippen LogP contribution is 2.45. The summed E-state index contributed by atoms with van der Waals surface area (Å²) in [7, 11) is 0. The van der Waals surface area contributed by atoms with Gasteiger partial charge in [-0.25, -0.2) is 19.2 Å². The van der Waals surface area contributed by atoms with Crippen molar-refractivity contribution >= 4 is 53.4 Å². The van der Waals surface area contributed by atoms with Gasteiger partial charge in [-0.15, -0.1) is 0 Å². The molecule has 44 atom stereocenters. The Morgan fingerprint density at radius 1 is 0.349 bits per heavy atom. The molecule has 5 amide bonds. The number of carbonyl (C=O) groups is 9. The van der Waals surface area contributed by atoms with Crippen molar-refractivity contribution in [2.45, 2.75) is 321 Å². The maximum absolute atomic E-state index is 14.5. The Morgan fingerprint density at radius 2 is 0.690 bits per heavy atom. The molecule has 0 bridgehead atoms. The third kappa shape index (κ3) is 23.8. The molecule has 0 unspecified atom stereocenters. The van der Waals surface area contributed by atoms with E-state index in [1.54, 1.807) is 0 Å². The Bertz CT molecular complexity index is 3740. The predicted molar refractivity (Wildman–Crippen MR) is 393 cm³/mol. The van der Waals surface area contributed by atoms with E-state index >= 15 is 0 Å². The van der Waals surface area contributed by atoms with Crippen LogP contribution in [0.2, 0.25) is 0 Å². The number of carbonyl (C=O) groups excluding carboxylic acids is 5. The second-order valence-electron chi connectivity index (χ2n) is 31.8. The predicted octanol–water partition coefficient (Wildman–Crippen LogP) is -21.9. The molecule has 0 saturated carbocycles. The first-order chi connectivity index (χ1) is 60.4. The largest absolute Gasteiger partial charge is 0.477 e. The molecular weight excluding hydrogens is 1770 g/mol. The normalized spacial score (nSPS) is 42.3. The lowest BCUT2D eigenvalue weighted by molar-refractivity contribution is -0.406. The zero-order valence-electron chi connectivity index (χ0n) is 68.5. The van der Waals surface area contributed by atoms with Crippen LogP contribution in [0.3, 0.4) is 0 Å². The fourth-order valence-electron chi connectivity index (χ4n) is 16.2. The zero-order chi connectivity index (χ0) is 96.6. The number of amides is 5. The number of aliphatic hydroxyl groups is 26. The number of carboxylic acids is 4. The molecule has 8 rings (SSSR count). The van der Waals surface area contributed by atoms with Crippen molar-refractivity contribution in [1.29, 1.82) is 0 Å². The molecule has 129 heavy (non-hydrogen) atoms. The highest BCUT2D eigenvalue weighted by atomic mass is 16.8. The summed E-state index contributed by atoms with van der Waals surface area (Å²) in [6.45, 7) is -9.95. The van der Waals surface area contributed by atoms with Crippen LogP contribution in [0, 0.1) is 0 Å². The Kier molecular flexibility index (Phi) is 37.9. The fourth-order valence-corrected chi connectivity index (χ4v) is 16.2. The van der Waals surface area contributed by atoms with Crippen LogP contribution in [-0.4, -0.2) is 534 Å². The Hall–Kier alpha value is -6.41. The molecule has 742 valence electrons. The summed E-state index contributed by atoms with van der Waals surface area (Å²) in [6, 6.07) is -10.7. The molecule has 8 aliphatic heterocycles. The first-order valence-corrected chi connectivity index (χ1v) is 39.8. The molecule has 59 nitrogen and oxygen atoms in total. The molecule has 0 spiro atoms. The number of aliphatic carboxylic acids is 4. The average Bonchev–Trinajstić information content (AvgIpc) is 0.778. The van der Waals surface area contributed by atoms with Gasteiger partial charge in [-0.05, 0) is 0 Å². The van der Waals surface area contributed by atoms with Crippen LogP contribution in [0.15, 0.2) is 0 Å². The summed E-state index contributed by atoms with van der Waals surface area (Å²) in [4.78, 5) is 120. The Balaban J connectivity index is 1.31. The van der Waals surface area contributed by atoms with Crippen LogP contribution in [0.25, 0.3) is 0 Å². The van der Waals surface area contributed by atoms with E-state index in [0.717, 1.165) is 20.8 Å². The molecule has 0 aromatic rings. The minimum Gasteiger partial charge on any atom is -0.477 e. The van der Waals surface area contributed by atoms with Gasteiger partial charge in [-0.2, -0.15) is 0 Å². The lowest BCUT2D eigenvalue weighted by atomic mass is 9.87. The van der Waals surface area contributed by atoms with Crippen molar-refractivity contribution in [3.05, 3.63) is 0 Å². The van der Waals surface area contributed by atoms with Crippen molar-refractivity contribution in [1.82, 2.24) is 26.6 Å². The third-order valence-corrected chi connectivity index (χ3v) is 22.7. The van der Waals surface area contributed by atoms with Gasteiger partial charge in [-0.3, -0.25) is 24.0 Å². The second kappa shape index (κ2) is 45.3. The first kappa shape index (κ1) is 108. The van der Waals surface area contributed by atoms with Crippen molar-refractivity contribution in [2.24, 2.45) is 0 Å². The lowest BCUT2D eigenvalue weighted by Crippen LogP contribution is -2.73. The molecule has 0 aromatic carbocycles. The molecule has 8 heterocycles. The molecule has 8 saturated heterocycles. The fraction of sp³-hybridized carbons (Fsp3) is 0.871. The van der Waals surface area contributed by atoms with Crippen LogP contribution in [-0.2, 0) is 114 Å². The number of aliphatic hydroxyl groups excluding tert-OH is 26. The van der Waals surface area contributed by atoms with Crippen molar-refractivity contribution in [3.8, 4) is 0 Å². The van der Waals surface area contributed by atoms with E-state index in [4.69, 9.17) is 71.1 Å². The number of hydrogen-bond acceptors (Lipinski definition) is 50.